The van der Waals surface area contributed by atoms with E-state index in [-0.39, 0.29) is 12.3 Å². The van der Waals surface area contributed by atoms with E-state index in [1.807, 2.05) is 0 Å². The highest BCUT2D eigenvalue weighted by atomic mass is 16.2. The van der Waals surface area contributed by atoms with Crippen LogP contribution in [0.3, 0.4) is 0 Å². The summed E-state index contributed by atoms with van der Waals surface area (Å²) in [6, 6.07) is 0. The van der Waals surface area contributed by atoms with E-state index in [0.717, 1.165) is 25.7 Å². The van der Waals surface area contributed by atoms with E-state index >= 15 is 0 Å². The maximum Gasteiger partial charge on any atom is 0.220 e. The molecule has 1 atom stereocenters. The van der Waals surface area contributed by atoms with Crippen LogP contribution in [0.4, 0.5) is 0 Å². The molecule has 0 aromatic carbocycles. The van der Waals surface area contributed by atoms with Crippen molar-refractivity contribution in [1.29, 1.82) is 0 Å². The number of carbonyl (C=O) groups excluding carboxylic acids is 2. The normalized spacial score (nSPS) is 12.1. The molecule has 0 saturated carbocycles. The highest BCUT2D eigenvalue weighted by Crippen LogP contribution is 2.16. The molecule has 1 unspecified atom stereocenters. The largest absolute Gasteiger partial charge is 0.370 e. The predicted octanol–water partition coefficient (Wildman–Crippen LogP) is 0.523. The summed E-state index contributed by atoms with van der Waals surface area (Å²) in [5.41, 5.74) is 10.5. The molecule has 0 radical (unpaired) electrons. The smallest absolute Gasteiger partial charge is 0.220 e. The quantitative estimate of drug-likeness (QED) is 0.521. The van der Waals surface area contributed by atoms with Crippen LogP contribution in [0.5, 0.6) is 0 Å². The molecule has 0 aliphatic carbocycles. The lowest BCUT2D eigenvalue weighted by molar-refractivity contribution is -0.121. The number of nitrogens with two attached hydrogens (primary N) is 2. The van der Waals surface area contributed by atoms with Crippen LogP contribution in [0.1, 0.15) is 45.4 Å². The highest BCUT2D eigenvalue weighted by Gasteiger charge is 2.09. The van der Waals surface area contributed by atoms with Gasteiger partial charge in [-0.3, -0.25) is 9.59 Å². The standard InChI is InChI=1S/C12H25N3O2/c1-2-3-10(6-8-13)4-5-12(17)15-9-7-11(14)16/h10H,2-9,13H2,1H3,(H2,14,16)(H,15,17). The average molecular weight is 243 g/mol. The molecule has 0 saturated heterocycles. The summed E-state index contributed by atoms with van der Waals surface area (Å²) < 4.78 is 0. The van der Waals surface area contributed by atoms with Gasteiger partial charge in [-0.05, 0) is 25.3 Å². The molecule has 0 aliphatic heterocycles. The molecule has 2 amide bonds. The Morgan fingerprint density at radius 2 is 1.88 bits per heavy atom. The van der Waals surface area contributed by atoms with Gasteiger partial charge in [-0.15, -0.1) is 0 Å². The predicted molar refractivity (Wildman–Crippen MR) is 68.1 cm³/mol. The van der Waals surface area contributed by atoms with E-state index in [1.165, 1.54) is 0 Å². The van der Waals surface area contributed by atoms with Crippen molar-refractivity contribution in [3.63, 3.8) is 0 Å². The van der Waals surface area contributed by atoms with E-state index in [1.54, 1.807) is 0 Å². The molecule has 5 N–H and O–H groups in total. The van der Waals surface area contributed by atoms with Gasteiger partial charge in [0, 0.05) is 19.4 Å². The Balaban J connectivity index is 3.68. The number of primary amides is 1. The van der Waals surface area contributed by atoms with Gasteiger partial charge in [0.15, 0.2) is 0 Å². The third-order valence-corrected chi connectivity index (χ3v) is 2.75. The zero-order chi connectivity index (χ0) is 13.1. The summed E-state index contributed by atoms with van der Waals surface area (Å²) in [5, 5.41) is 2.68. The molecule has 0 aromatic rings. The average Bonchev–Trinajstić information content (AvgIpc) is 2.26. The lowest BCUT2D eigenvalue weighted by Gasteiger charge is -2.14. The monoisotopic (exact) mass is 243 g/mol. The SMILES string of the molecule is CCCC(CCN)CCC(=O)NCCC(N)=O. The maximum atomic E-state index is 11.4. The van der Waals surface area contributed by atoms with Crippen molar-refractivity contribution in [2.75, 3.05) is 13.1 Å². The fraction of sp³-hybridized carbons (Fsp3) is 0.833. The van der Waals surface area contributed by atoms with Crippen LogP contribution in [0, 0.1) is 5.92 Å². The van der Waals surface area contributed by atoms with Gasteiger partial charge in [-0.25, -0.2) is 0 Å². The zero-order valence-electron chi connectivity index (χ0n) is 10.7. The lowest BCUT2D eigenvalue weighted by atomic mass is 9.94. The van der Waals surface area contributed by atoms with Gasteiger partial charge in [0.05, 0.1) is 0 Å². The number of rotatable bonds is 10. The molecule has 5 heteroatoms. The maximum absolute atomic E-state index is 11.4. The third kappa shape index (κ3) is 9.81. The van der Waals surface area contributed by atoms with Crippen LogP contribution in [0.2, 0.25) is 0 Å². The van der Waals surface area contributed by atoms with E-state index in [0.29, 0.717) is 25.4 Å². The topological polar surface area (TPSA) is 98.2 Å². The molecule has 0 aliphatic rings. The van der Waals surface area contributed by atoms with Crippen LogP contribution < -0.4 is 16.8 Å². The van der Waals surface area contributed by atoms with Crippen molar-refractivity contribution in [2.24, 2.45) is 17.4 Å². The Hall–Kier alpha value is -1.10. The van der Waals surface area contributed by atoms with E-state index < -0.39 is 5.91 Å². The fourth-order valence-corrected chi connectivity index (χ4v) is 1.83. The fourth-order valence-electron chi connectivity index (χ4n) is 1.83. The molecule has 0 heterocycles. The minimum Gasteiger partial charge on any atom is -0.370 e. The first-order chi connectivity index (χ1) is 8.10. The van der Waals surface area contributed by atoms with Gasteiger partial charge in [-0.1, -0.05) is 19.8 Å². The summed E-state index contributed by atoms with van der Waals surface area (Å²) in [7, 11) is 0. The molecule has 0 spiro atoms. The van der Waals surface area contributed by atoms with Crippen LogP contribution >= 0.6 is 0 Å². The van der Waals surface area contributed by atoms with Crippen molar-refractivity contribution >= 4 is 11.8 Å². The van der Waals surface area contributed by atoms with E-state index in [4.69, 9.17) is 11.5 Å². The van der Waals surface area contributed by atoms with Crippen LogP contribution in [0.15, 0.2) is 0 Å². The van der Waals surface area contributed by atoms with Crippen molar-refractivity contribution in [2.45, 2.75) is 45.4 Å². The Morgan fingerprint density at radius 1 is 1.18 bits per heavy atom. The molecule has 0 bridgehead atoms. The van der Waals surface area contributed by atoms with Gasteiger partial charge in [0.2, 0.25) is 11.8 Å². The van der Waals surface area contributed by atoms with E-state index in [2.05, 4.69) is 12.2 Å². The van der Waals surface area contributed by atoms with Crippen molar-refractivity contribution in [3.8, 4) is 0 Å². The summed E-state index contributed by atoms with van der Waals surface area (Å²) in [4.78, 5) is 21.9. The van der Waals surface area contributed by atoms with E-state index in [9.17, 15) is 9.59 Å². The summed E-state index contributed by atoms with van der Waals surface area (Å²) >= 11 is 0. The van der Waals surface area contributed by atoms with Crippen LogP contribution in [-0.2, 0) is 9.59 Å². The molecule has 0 rings (SSSR count). The second-order valence-corrected chi connectivity index (χ2v) is 4.34. The Labute approximate surface area is 103 Å². The first kappa shape index (κ1) is 15.9. The molecule has 0 aromatic heterocycles. The summed E-state index contributed by atoms with van der Waals surface area (Å²) in [5.74, 6) is 0.133. The van der Waals surface area contributed by atoms with Crippen molar-refractivity contribution < 1.29 is 9.59 Å². The number of amides is 2. The Morgan fingerprint density at radius 3 is 2.41 bits per heavy atom. The second-order valence-electron chi connectivity index (χ2n) is 4.34. The zero-order valence-corrected chi connectivity index (χ0v) is 10.7. The van der Waals surface area contributed by atoms with Crippen LogP contribution in [0.25, 0.3) is 0 Å². The molecule has 5 nitrogen and oxygen atoms in total. The van der Waals surface area contributed by atoms with Gasteiger partial charge in [0.25, 0.3) is 0 Å². The van der Waals surface area contributed by atoms with Gasteiger partial charge >= 0.3 is 0 Å². The Kier molecular flexibility index (Phi) is 9.43. The number of carbonyl (C=O) groups is 2. The minimum absolute atomic E-state index is 0.00984. The first-order valence-corrected chi connectivity index (χ1v) is 6.35. The number of hydrogen-bond donors (Lipinski definition) is 3. The molecule has 17 heavy (non-hydrogen) atoms. The highest BCUT2D eigenvalue weighted by molar-refractivity contribution is 5.77. The van der Waals surface area contributed by atoms with Crippen molar-refractivity contribution in [3.05, 3.63) is 0 Å². The molecular weight excluding hydrogens is 218 g/mol. The number of nitrogens with one attached hydrogen (secondary N) is 1. The van der Waals surface area contributed by atoms with Gasteiger partial charge < -0.3 is 16.8 Å². The van der Waals surface area contributed by atoms with Crippen LogP contribution in [-0.4, -0.2) is 24.9 Å². The summed E-state index contributed by atoms with van der Waals surface area (Å²) in [6.07, 6.45) is 4.78. The van der Waals surface area contributed by atoms with Gasteiger partial charge in [-0.2, -0.15) is 0 Å². The lowest BCUT2D eigenvalue weighted by Crippen LogP contribution is -2.28. The second kappa shape index (κ2) is 10.1. The Bertz CT molecular complexity index is 226. The van der Waals surface area contributed by atoms with Gasteiger partial charge in [0.1, 0.15) is 0 Å². The first-order valence-electron chi connectivity index (χ1n) is 6.35. The molecular formula is C12H25N3O2. The molecule has 100 valence electrons. The summed E-state index contributed by atoms with van der Waals surface area (Å²) in [6.45, 7) is 3.15. The number of hydrogen-bond acceptors (Lipinski definition) is 3. The molecule has 0 fully saturated rings. The van der Waals surface area contributed by atoms with Crippen molar-refractivity contribution in [1.82, 2.24) is 5.32 Å². The third-order valence-electron chi connectivity index (χ3n) is 2.75. The minimum atomic E-state index is -0.391.